The molecule has 4 nitrogen and oxygen atoms in total. The van der Waals surface area contributed by atoms with Crippen LogP contribution in [0, 0.1) is 13.8 Å². The standard InChI is InChI=1S/C12H21N3O/c1-8-6-15(9(2)5-13-8)7-12-14-10(3)11(4)16-12/h8-9,13H,5-7H2,1-4H3. The van der Waals surface area contributed by atoms with Gasteiger partial charge >= 0.3 is 0 Å². The largest absolute Gasteiger partial charge is 0.444 e. The van der Waals surface area contributed by atoms with Crippen molar-refractivity contribution in [1.82, 2.24) is 15.2 Å². The van der Waals surface area contributed by atoms with Crippen LogP contribution in [-0.2, 0) is 6.54 Å². The second kappa shape index (κ2) is 4.55. The molecule has 2 rings (SSSR count). The van der Waals surface area contributed by atoms with E-state index in [0.29, 0.717) is 12.1 Å². The molecule has 0 amide bonds. The Bertz CT molecular complexity index is 342. The number of hydrogen-bond acceptors (Lipinski definition) is 4. The molecular formula is C12H21N3O. The molecule has 0 radical (unpaired) electrons. The summed E-state index contributed by atoms with van der Waals surface area (Å²) in [6.45, 7) is 11.3. The number of piperazine rings is 1. The second-order valence-corrected chi connectivity index (χ2v) is 4.84. The van der Waals surface area contributed by atoms with E-state index in [9.17, 15) is 0 Å². The molecule has 0 bridgehead atoms. The fourth-order valence-electron chi connectivity index (χ4n) is 2.10. The van der Waals surface area contributed by atoms with Crippen molar-refractivity contribution in [2.45, 2.75) is 46.3 Å². The molecule has 1 aliphatic rings. The monoisotopic (exact) mass is 223 g/mol. The lowest BCUT2D eigenvalue weighted by Crippen LogP contribution is -2.53. The number of nitrogens with one attached hydrogen (secondary N) is 1. The van der Waals surface area contributed by atoms with Crippen molar-refractivity contribution in [3.05, 3.63) is 17.3 Å². The Labute approximate surface area is 97.0 Å². The average molecular weight is 223 g/mol. The van der Waals surface area contributed by atoms with Gasteiger partial charge in [-0.05, 0) is 27.7 Å². The molecule has 90 valence electrons. The van der Waals surface area contributed by atoms with E-state index in [0.717, 1.165) is 37.0 Å². The van der Waals surface area contributed by atoms with Crippen LogP contribution in [0.3, 0.4) is 0 Å². The summed E-state index contributed by atoms with van der Waals surface area (Å²) in [7, 11) is 0. The van der Waals surface area contributed by atoms with E-state index in [4.69, 9.17) is 4.42 Å². The third-order valence-corrected chi connectivity index (χ3v) is 3.30. The molecule has 1 fully saturated rings. The van der Waals surface area contributed by atoms with Gasteiger partial charge in [0.2, 0.25) is 5.89 Å². The summed E-state index contributed by atoms with van der Waals surface area (Å²) in [6.07, 6.45) is 0. The lowest BCUT2D eigenvalue weighted by atomic mass is 10.1. The predicted molar refractivity (Wildman–Crippen MR) is 63.3 cm³/mol. The van der Waals surface area contributed by atoms with Gasteiger partial charge < -0.3 is 9.73 Å². The number of aryl methyl sites for hydroxylation is 2. The number of rotatable bonds is 2. The van der Waals surface area contributed by atoms with Crippen molar-refractivity contribution < 1.29 is 4.42 Å². The molecule has 0 spiro atoms. The molecule has 0 aliphatic carbocycles. The molecule has 1 aromatic rings. The van der Waals surface area contributed by atoms with Gasteiger partial charge in [-0.1, -0.05) is 0 Å². The third-order valence-electron chi connectivity index (χ3n) is 3.30. The molecule has 2 atom stereocenters. The van der Waals surface area contributed by atoms with Gasteiger partial charge in [-0.3, -0.25) is 4.90 Å². The van der Waals surface area contributed by atoms with Gasteiger partial charge in [0.25, 0.3) is 0 Å². The Morgan fingerprint density at radius 3 is 2.81 bits per heavy atom. The van der Waals surface area contributed by atoms with E-state index in [-0.39, 0.29) is 0 Å². The second-order valence-electron chi connectivity index (χ2n) is 4.84. The van der Waals surface area contributed by atoms with Crippen LogP contribution < -0.4 is 5.32 Å². The fraction of sp³-hybridized carbons (Fsp3) is 0.750. The summed E-state index contributed by atoms with van der Waals surface area (Å²) in [5.41, 5.74) is 1.01. The maximum absolute atomic E-state index is 5.63. The van der Waals surface area contributed by atoms with Gasteiger partial charge in [0.15, 0.2) is 0 Å². The highest BCUT2D eigenvalue weighted by molar-refractivity contribution is 5.05. The number of nitrogens with zero attached hydrogens (tertiary/aromatic N) is 2. The Morgan fingerprint density at radius 2 is 2.19 bits per heavy atom. The van der Waals surface area contributed by atoms with Crippen LogP contribution in [0.4, 0.5) is 0 Å². The maximum atomic E-state index is 5.63. The summed E-state index contributed by atoms with van der Waals surface area (Å²) >= 11 is 0. The summed E-state index contributed by atoms with van der Waals surface area (Å²) in [5.74, 6) is 1.78. The first-order chi connectivity index (χ1) is 7.56. The van der Waals surface area contributed by atoms with Crippen LogP contribution >= 0.6 is 0 Å². The van der Waals surface area contributed by atoms with Crippen LogP contribution in [0.2, 0.25) is 0 Å². The van der Waals surface area contributed by atoms with Gasteiger partial charge in [-0.25, -0.2) is 4.98 Å². The first kappa shape index (κ1) is 11.6. The number of aromatic nitrogens is 1. The summed E-state index contributed by atoms with van der Waals surface area (Å²) in [4.78, 5) is 6.86. The van der Waals surface area contributed by atoms with E-state index in [1.807, 2.05) is 13.8 Å². The lowest BCUT2D eigenvalue weighted by molar-refractivity contribution is 0.126. The highest BCUT2D eigenvalue weighted by Gasteiger charge is 2.23. The highest BCUT2D eigenvalue weighted by atomic mass is 16.4. The minimum Gasteiger partial charge on any atom is -0.444 e. The Morgan fingerprint density at radius 1 is 1.44 bits per heavy atom. The molecular weight excluding hydrogens is 202 g/mol. The van der Waals surface area contributed by atoms with Gasteiger partial charge in [-0.2, -0.15) is 0 Å². The molecule has 1 N–H and O–H groups in total. The van der Waals surface area contributed by atoms with Crippen LogP contribution in [-0.4, -0.2) is 35.1 Å². The van der Waals surface area contributed by atoms with E-state index in [1.165, 1.54) is 0 Å². The third kappa shape index (κ3) is 2.44. The normalized spacial score (nSPS) is 27.2. The first-order valence-electron chi connectivity index (χ1n) is 5.96. The van der Waals surface area contributed by atoms with Crippen LogP contribution in [0.5, 0.6) is 0 Å². The molecule has 16 heavy (non-hydrogen) atoms. The highest BCUT2D eigenvalue weighted by Crippen LogP contribution is 2.14. The Balaban J connectivity index is 2.02. The Kier molecular flexibility index (Phi) is 3.30. The minimum atomic E-state index is 0.545. The van der Waals surface area contributed by atoms with Gasteiger partial charge in [-0.15, -0.1) is 0 Å². The molecule has 1 aliphatic heterocycles. The fourth-order valence-corrected chi connectivity index (χ4v) is 2.10. The molecule has 2 unspecified atom stereocenters. The van der Waals surface area contributed by atoms with Gasteiger partial charge in [0.1, 0.15) is 5.76 Å². The molecule has 0 saturated carbocycles. The van der Waals surface area contributed by atoms with Gasteiger partial charge in [0.05, 0.1) is 12.2 Å². The smallest absolute Gasteiger partial charge is 0.208 e. The zero-order valence-corrected chi connectivity index (χ0v) is 10.6. The van der Waals surface area contributed by atoms with Crippen LogP contribution in [0.25, 0.3) is 0 Å². The number of oxazole rings is 1. The van der Waals surface area contributed by atoms with Crippen molar-refractivity contribution in [3.8, 4) is 0 Å². The summed E-state index contributed by atoms with van der Waals surface area (Å²) in [5, 5.41) is 3.47. The SMILES string of the molecule is Cc1nc(CN2CC(C)NCC2C)oc1C. The summed E-state index contributed by atoms with van der Waals surface area (Å²) < 4.78 is 5.63. The zero-order chi connectivity index (χ0) is 11.7. The molecule has 0 aromatic carbocycles. The molecule has 1 aromatic heterocycles. The van der Waals surface area contributed by atoms with Crippen molar-refractivity contribution in [2.75, 3.05) is 13.1 Å². The van der Waals surface area contributed by atoms with E-state index in [1.54, 1.807) is 0 Å². The van der Waals surface area contributed by atoms with E-state index in [2.05, 4.69) is 29.0 Å². The summed E-state index contributed by atoms with van der Waals surface area (Å²) in [6, 6.07) is 1.09. The van der Waals surface area contributed by atoms with E-state index >= 15 is 0 Å². The first-order valence-corrected chi connectivity index (χ1v) is 5.96. The van der Waals surface area contributed by atoms with Gasteiger partial charge in [0, 0.05) is 25.2 Å². The topological polar surface area (TPSA) is 41.3 Å². The number of hydrogen-bond donors (Lipinski definition) is 1. The van der Waals surface area contributed by atoms with Crippen LogP contribution in [0.1, 0.15) is 31.2 Å². The van der Waals surface area contributed by atoms with Crippen molar-refractivity contribution in [3.63, 3.8) is 0 Å². The zero-order valence-electron chi connectivity index (χ0n) is 10.6. The van der Waals surface area contributed by atoms with Crippen molar-refractivity contribution in [2.24, 2.45) is 0 Å². The molecule has 1 saturated heterocycles. The molecule has 2 heterocycles. The predicted octanol–water partition coefficient (Wildman–Crippen LogP) is 1.47. The molecule has 4 heteroatoms. The maximum Gasteiger partial charge on any atom is 0.208 e. The lowest BCUT2D eigenvalue weighted by Gasteiger charge is -2.36. The average Bonchev–Trinajstić information content (AvgIpc) is 2.52. The van der Waals surface area contributed by atoms with Crippen molar-refractivity contribution >= 4 is 0 Å². The quantitative estimate of drug-likeness (QED) is 0.824. The van der Waals surface area contributed by atoms with E-state index < -0.39 is 0 Å². The van der Waals surface area contributed by atoms with Crippen molar-refractivity contribution in [1.29, 1.82) is 0 Å². The Hall–Kier alpha value is -0.870. The minimum absolute atomic E-state index is 0.545. The van der Waals surface area contributed by atoms with Crippen LogP contribution in [0.15, 0.2) is 4.42 Å².